The Morgan fingerprint density at radius 3 is 0.833 bits per heavy atom. The van der Waals surface area contributed by atoms with Crippen LogP contribution in [0.5, 0.6) is 0 Å². The molecule has 0 aliphatic heterocycles. The predicted octanol–water partition coefficient (Wildman–Crippen LogP) is 22.6. The summed E-state index contributed by atoms with van der Waals surface area (Å²) in [5.74, 6) is -0.0218. The summed E-state index contributed by atoms with van der Waals surface area (Å²) < 4.78 is 0. The number of nitrogens with one attached hydrogen (secondary N) is 1. The first-order valence-corrected chi connectivity index (χ1v) is 33.5. The van der Waals surface area contributed by atoms with Crippen molar-refractivity contribution in [1.29, 1.82) is 0 Å². The fraction of sp³-hybridized carbons (Fsp3) is 0.926. The zero-order chi connectivity index (χ0) is 52.0. The van der Waals surface area contributed by atoms with Gasteiger partial charge in [0.05, 0.1) is 18.8 Å². The van der Waals surface area contributed by atoms with E-state index in [0.717, 1.165) is 32.1 Å². The maximum absolute atomic E-state index is 12.5. The molecular weight excluding hydrogens is 879 g/mol. The van der Waals surface area contributed by atoms with Crippen LogP contribution in [0.2, 0.25) is 0 Å². The maximum atomic E-state index is 12.5. The fourth-order valence-electron chi connectivity index (χ4n) is 10.9. The standard InChI is InChI=1S/C68H133NO3/c1-3-5-7-9-11-13-15-17-19-21-23-25-27-28-29-30-31-32-33-34-35-36-37-38-39-40-42-44-46-48-50-52-54-56-58-60-62-64-68(72)69-66(65-70)67(71)63-61-59-57-55-53-51-49-47-45-43-41-26-24-22-20-18-16-14-12-10-8-6-4-2/h15,17,21,23,66-67,70-71H,3-14,16,18-20,22,24-65H2,1-2H3,(H,69,72)/b17-15-,23-21-. The Labute approximate surface area is 453 Å². The van der Waals surface area contributed by atoms with Gasteiger partial charge >= 0.3 is 0 Å². The Morgan fingerprint density at radius 2 is 0.569 bits per heavy atom. The zero-order valence-electron chi connectivity index (χ0n) is 49.5. The van der Waals surface area contributed by atoms with E-state index < -0.39 is 12.1 Å². The smallest absolute Gasteiger partial charge is 0.220 e. The second-order valence-electron chi connectivity index (χ2n) is 23.2. The third kappa shape index (κ3) is 59.7. The van der Waals surface area contributed by atoms with Gasteiger partial charge in [0.2, 0.25) is 5.91 Å². The zero-order valence-corrected chi connectivity index (χ0v) is 49.5. The number of hydrogen-bond donors (Lipinski definition) is 3. The van der Waals surface area contributed by atoms with Crippen molar-refractivity contribution in [2.45, 2.75) is 398 Å². The van der Waals surface area contributed by atoms with Crippen LogP contribution < -0.4 is 5.32 Å². The minimum absolute atomic E-state index is 0.0218. The van der Waals surface area contributed by atoms with Crippen LogP contribution in [0.15, 0.2) is 24.3 Å². The normalized spacial score (nSPS) is 12.8. The van der Waals surface area contributed by atoms with Crippen LogP contribution in [0.4, 0.5) is 0 Å². The Morgan fingerprint density at radius 1 is 0.333 bits per heavy atom. The van der Waals surface area contributed by atoms with Crippen molar-refractivity contribution in [1.82, 2.24) is 5.32 Å². The molecular formula is C68H133NO3. The molecule has 2 atom stereocenters. The molecule has 4 heteroatoms. The summed E-state index contributed by atoms with van der Waals surface area (Å²) in [6.07, 6.45) is 86.5. The molecule has 0 fully saturated rings. The van der Waals surface area contributed by atoms with E-state index in [0.29, 0.717) is 12.8 Å². The molecule has 0 bridgehead atoms. The van der Waals surface area contributed by atoms with Gasteiger partial charge in [0.25, 0.3) is 0 Å². The van der Waals surface area contributed by atoms with E-state index in [1.165, 1.54) is 327 Å². The average molecular weight is 1010 g/mol. The van der Waals surface area contributed by atoms with Gasteiger partial charge in [-0.1, -0.05) is 359 Å². The molecule has 0 spiro atoms. The Balaban J connectivity index is 3.37. The first kappa shape index (κ1) is 70.9. The van der Waals surface area contributed by atoms with E-state index >= 15 is 0 Å². The van der Waals surface area contributed by atoms with Gasteiger partial charge in [-0.15, -0.1) is 0 Å². The number of amides is 1. The molecule has 0 aliphatic carbocycles. The molecule has 0 heterocycles. The minimum atomic E-state index is -0.658. The van der Waals surface area contributed by atoms with Crippen molar-refractivity contribution in [3.63, 3.8) is 0 Å². The van der Waals surface area contributed by atoms with E-state index in [1.807, 2.05) is 0 Å². The SMILES string of the molecule is CCCCCCC/C=C\C/C=C\CCCCCCCCCCCCCCCCCCCCCCCCCCCC(=O)NC(CO)C(O)CCCCCCCCCCCCCCCCCCCCCCCCC. The third-order valence-electron chi connectivity index (χ3n) is 16.0. The summed E-state index contributed by atoms with van der Waals surface area (Å²) in [5, 5.41) is 23.4. The number of carbonyl (C=O) groups is 1. The molecule has 0 aromatic rings. The molecule has 72 heavy (non-hydrogen) atoms. The van der Waals surface area contributed by atoms with Crippen LogP contribution in [0.3, 0.4) is 0 Å². The van der Waals surface area contributed by atoms with Crippen molar-refractivity contribution >= 4 is 5.91 Å². The van der Waals surface area contributed by atoms with Crippen LogP contribution in [0.1, 0.15) is 386 Å². The van der Waals surface area contributed by atoms with Gasteiger partial charge in [0.15, 0.2) is 0 Å². The Kier molecular flexibility index (Phi) is 63.2. The van der Waals surface area contributed by atoms with Crippen molar-refractivity contribution in [2.24, 2.45) is 0 Å². The molecule has 1 amide bonds. The topological polar surface area (TPSA) is 69.6 Å². The largest absolute Gasteiger partial charge is 0.394 e. The van der Waals surface area contributed by atoms with Crippen LogP contribution in [0.25, 0.3) is 0 Å². The highest BCUT2D eigenvalue weighted by Crippen LogP contribution is 2.19. The number of aliphatic hydroxyl groups is 2. The van der Waals surface area contributed by atoms with Crippen molar-refractivity contribution in [3.8, 4) is 0 Å². The molecule has 3 N–H and O–H groups in total. The summed E-state index contributed by atoms with van der Waals surface area (Å²) in [5.41, 5.74) is 0. The molecule has 2 unspecified atom stereocenters. The Bertz CT molecular complexity index is 1060. The molecule has 0 aromatic carbocycles. The van der Waals surface area contributed by atoms with E-state index in [1.54, 1.807) is 0 Å². The molecule has 0 aliphatic rings. The highest BCUT2D eigenvalue weighted by molar-refractivity contribution is 5.76. The van der Waals surface area contributed by atoms with Crippen molar-refractivity contribution in [2.75, 3.05) is 6.61 Å². The van der Waals surface area contributed by atoms with E-state index in [-0.39, 0.29) is 12.5 Å². The minimum Gasteiger partial charge on any atom is -0.394 e. The monoisotopic (exact) mass is 1010 g/mol. The average Bonchev–Trinajstić information content (AvgIpc) is 3.39. The van der Waals surface area contributed by atoms with Crippen LogP contribution in [-0.2, 0) is 4.79 Å². The van der Waals surface area contributed by atoms with Gasteiger partial charge in [-0.25, -0.2) is 0 Å². The van der Waals surface area contributed by atoms with Gasteiger partial charge in [0, 0.05) is 6.42 Å². The first-order chi connectivity index (χ1) is 35.7. The lowest BCUT2D eigenvalue weighted by molar-refractivity contribution is -0.123. The van der Waals surface area contributed by atoms with E-state index in [4.69, 9.17) is 0 Å². The van der Waals surface area contributed by atoms with Crippen LogP contribution in [0, 0.1) is 0 Å². The van der Waals surface area contributed by atoms with E-state index in [2.05, 4.69) is 43.5 Å². The summed E-state index contributed by atoms with van der Waals surface area (Å²) in [6.45, 7) is 4.39. The number of hydrogen-bond acceptors (Lipinski definition) is 3. The van der Waals surface area contributed by atoms with Gasteiger partial charge in [0.1, 0.15) is 0 Å². The number of aliphatic hydroxyl groups excluding tert-OH is 2. The maximum Gasteiger partial charge on any atom is 0.220 e. The van der Waals surface area contributed by atoms with Crippen molar-refractivity contribution in [3.05, 3.63) is 24.3 Å². The summed E-state index contributed by atoms with van der Waals surface area (Å²) in [7, 11) is 0. The summed E-state index contributed by atoms with van der Waals surface area (Å²) >= 11 is 0. The molecule has 428 valence electrons. The van der Waals surface area contributed by atoms with Crippen LogP contribution >= 0.6 is 0 Å². The quantitative estimate of drug-likeness (QED) is 0.0420. The second-order valence-corrected chi connectivity index (χ2v) is 23.2. The lowest BCUT2D eigenvalue weighted by Crippen LogP contribution is -2.45. The number of unbranched alkanes of at least 4 members (excludes halogenated alkanes) is 52. The molecule has 0 saturated heterocycles. The molecule has 4 nitrogen and oxygen atoms in total. The first-order valence-electron chi connectivity index (χ1n) is 33.5. The number of carbonyl (C=O) groups excluding carboxylic acids is 1. The van der Waals surface area contributed by atoms with Gasteiger partial charge in [-0.05, 0) is 44.9 Å². The highest BCUT2D eigenvalue weighted by Gasteiger charge is 2.20. The summed E-state index contributed by atoms with van der Waals surface area (Å²) in [4.78, 5) is 12.5. The fourth-order valence-corrected chi connectivity index (χ4v) is 10.9. The van der Waals surface area contributed by atoms with Gasteiger partial charge < -0.3 is 15.5 Å². The van der Waals surface area contributed by atoms with Gasteiger partial charge in [-0.2, -0.15) is 0 Å². The Hall–Kier alpha value is -1.13. The van der Waals surface area contributed by atoms with E-state index in [9.17, 15) is 15.0 Å². The second kappa shape index (κ2) is 64.2. The van der Waals surface area contributed by atoms with Gasteiger partial charge in [-0.3, -0.25) is 4.79 Å². The number of allylic oxidation sites excluding steroid dienone is 4. The van der Waals surface area contributed by atoms with Crippen molar-refractivity contribution < 1.29 is 15.0 Å². The highest BCUT2D eigenvalue weighted by atomic mass is 16.3. The molecule has 0 saturated carbocycles. The lowest BCUT2D eigenvalue weighted by atomic mass is 10.0. The lowest BCUT2D eigenvalue weighted by Gasteiger charge is -2.22. The predicted molar refractivity (Wildman–Crippen MR) is 322 cm³/mol. The third-order valence-corrected chi connectivity index (χ3v) is 16.0. The summed E-state index contributed by atoms with van der Waals surface area (Å²) in [6, 6.07) is -0.534. The molecule has 0 rings (SSSR count). The number of rotatable bonds is 63. The molecule has 0 aromatic heterocycles. The van der Waals surface area contributed by atoms with Crippen LogP contribution in [-0.4, -0.2) is 34.9 Å². The molecule has 0 radical (unpaired) electrons.